The zero-order valence-corrected chi connectivity index (χ0v) is 18.4. The van der Waals surface area contributed by atoms with Crippen LogP contribution in [0, 0.1) is 17.5 Å². The molecule has 0 radical (unpaired) electrons. The molecule has 1 aromatic heterocycles. The molecule has 3 aromatic rings. The first kappa shape index (κ1) is 23.8. The van der Waals surface area contributed by atoms with Crippen LogP contribution in [0.4, 0.5) is 13.2 Å². The standard InChI is InChI=1S/C22H20ClF3N4O4/c23-13-3-2-12(5-14(13)24)33-10-21(31)28-11-1-4-19(34-9-11)22(32)27-8-20-29-17-6-15(25)16(26)7-18(17)30-20/h2-3,5-7,11,19H,1,4,8-10H2,(H,27,32)(H,28,31)(H,29,30)/t11-,19+/m1/s1. The Kier molecular flexibility index (Phi) is 7.23. The van der Waals surface area contributed by atoms with Crippen molar-refractivity contribution in [2.45, 2.75) is 31.5 Å². The SMILES string of the molecule is O=C(COc1ccc(Cl)c(F)c1)N[C@@H]1CC[C@@H](C(=O)NCc2nc3cc(F)c(F)cc3[nH]2)OC1. The van der Waals surface area contributed by atoms with Gasteiger partial charge in [0.15, 0.2) is 18.2 Å². The maximum atomic E-state index is 13.4. The minimum Gasteiger partial charge on any atom is -0.484 e. The first-order valence-electron chi connectivity index (χ1n) is 10.4. The summed E-state index contributed by atoms with van der Waals surface area (Å²) in [7, 11) is 0. The Morgan fingerprint density at radius 3 is 2.68 bits per heavy atom. The first-order valence-corrected chi connectivity index (χ1v) is 10.8. The number of aromatic nitrogens is 2. The van der Waals surface area contributed by atoms with Gasteiger partial charge >= 0.3 is 0 Å². The molecule has 0 saturated carbocycles. The van der Waals surface area contributed by atoms with Crippen LogP contribution in [0.2, 0.25) is 5.02 Å². The van der Waals surface area contributed by atoms with Gasteiger partial charge in [0.2, 0.25) is 5.91 Å². The molecule has 1 aliphatic heterocycles. The number of aromatic amines is 1. The van der Waals surface area contributed by atoms with Crippen LogP contribution >= 0.6 is 11.6 Å². The lowest BCUT2D eigenvalue weighted by Gasteiger charge is -2.28. The summed E-state index contributed by atoms with van der Waals surface area (Å²) in [5.74, 6) is -2.90. The lowest BCUT2D eigenvalue weighted by atomic mass is 10.0. The Bertz CT molecular complexity index is 1180. The molecule has 3 N–H and O–H groups in total. The molecule has 1 saturated heterocycles. The molecule has 34 heavy (non-hydrogen) atoms. The summed E-state index contributed by atoms with van der Waals surface area (Å²) in [6.45, 7) is -0.158. The molecule has 0 unspecified atom stereocenters. The number of rotatable bonds is 7. The van der Waals surface area contributed by atoms with Crippen molar-refractivity contribution >= 4 is 34.4 Å². The fraction of sp³-hybridized carbons (Fsp3) is 0.318. The summed E-state index contributed by atoms with van der Waals surface area (Å²) >= 11 is 5.60. The molecule has 2 heterocycles. The summed E-state index contributed by atoms with van der Waals surface area (Å²) < 4.78 is 50.8. The van der Waals surface area contributed by atoms with Crippen molar-refractivity contribution in [1.29, 1.82) is 0 Å². The Morgan fingerprint density at radius 1 is 1.15 bits per heavy atom. The number of amides is 2. The highest BCUT2D eigenvalue weighted by Crippen LogP contribution is 2.20. The van der Waals surface area contributed by atoms with Gasteiger partial charge in [-0.2, -0.15) is 0 Å². The molecule has 1 fully saturated rings. The normalized spacial score (nSPS) is 18.0. The second-order valence-electron chi connectivity index (χ2n) is 7.71. The minimum absolute atomic E-state index is 0.0272. The molecule has 2 atom stereocenters. The minimum atomic E-state index is -1.00. The van der Waals surface area contributed by atoms with Crippen LogP contribution in [-0.2, 0) is 20.9 Å². The predicted octanol–water partition coefficient (Wildman–Crippen LogP) is 2.99. The number of benzene rings is 2. The van der Waals surface area contributed by atoms with Gasteiger partial charge in [0, 0.05) is 18.2 Å². The summed E-state index contributed by atoms with van der Waals surface area (Å²) in [5.41, 5.74) is 0.571. The quantitative estimate of drug-likeness (QED) is 0.466. The predicted molar refractivity (Wildman–Crippen MR) is 116 cm³/mol. The van der Waals surface area contributed by atoms with Gasteiger partial charge in [-0.15, -0.1) is 0 Å². The lowest BCUT2D eigenvalue weighted by molar-refractivity contribution is -0.137. The summed E-state index contributed by atoms with van der Waals surface area (Å²) in [6, 6.07) is 5.54. The van der Waals surface area contributed by atoms with Gasteiger partial charge in [-0.25, -0.2) is 18.2 Å². The number of hydrogen-bond acceptors (Lipinski definition) is 5. The summed E-state index contributed by atoms with van der Waals surface area (Å²) in [5, 5.41) is 5.37. The number of carbonyl (C=O) groups is 2. The Balaban J connectivity index is 1.19. The number of halogens is 4. The van der Waals surface area contributed by atoms with E-state index in [1.807, 2.05) is 0 Å². The highest BCUT2D eigenvalue weighted by atomic mass is 35.5. The van der Waals surface area contributed by atoms with Crippen molar-refractivity contribution < 1.29 is 32.2 Å². The molecule has 2 amide bonds. The second kappa shape index (κ2) is 10.3. The molecule has 0 spiro atoms. The number of H-pyrrole nitrogens is 1. The third-order valence-electron chi connectivity index (χ3n) is 5.20. The van der Waals surface area contributed by atoms with Gasteiger partial charge in [-0.05, 0) is 25.0 Å². The fourth-order valence-corrected chi connectivity index (χ4v) is 3.60. The zero-order chi connectivity index (χ0) is 24.2. The van der Waals surface area contributed by atoms with E-state index < -0.39 is 29.5 Å². The highest BCUT2D eigenvalue weighted by molar-refractivity contribution is 6.30. The number of ether oxygens (including phenoxy) is 2. The van der Waals surface area contributed by atoms with Gasteiger partial charge in [-0.1, -0.05) is 11.6 Å². The van der Waals surface area contributed by atoms with E-state index >= 15 is 0 Å². The Hall–Kier alpha value is -3.31. The van der Waals surface area contributed by atoms with Crippen LogP contribution in [0.15, 0.2) is 30.3 Å². The van der Waals surface area contributed by atoms with E-state index in [0.717, 1.165) is 18.2 Å². The van der Waals surface area contributed by atoms with Crippen molar-refractivity contribution in [3.8, 4) is 5.75 Å². The molecule has 1 aliphatic rings. The van der Waals surface area contributed by atoms with Crippen molar-refractivity contribution in [2.24, 2.45) is 0 Å². The average molecular weight is 497 g/mol. The van der Waals surface area contributed by atoms with Gasteiger partial charge in [0.05, 0.1) is 35.2 Å². The molecule has 8 nitrogen and oxygen atoms in total. The van der Waals surface area contributed by atoms with Crippen molar-refractivity contribution in [3.63, 3.8) is 0 Å². The first-order chi connectivity index (χ1) is 16.3. The van der Waals surface area contributed by atoms with Crippen LogP contribution in [0.3, 0.4) is 0 Å². The number of imidazole rings is 1. The number of nitrogens with zero attached hydrogens (tertiary/aromatic N) is 1. The van der Waals surface area contributed by atoms with Crippen LogP contribution in [0.25, 0.3) is 11.0 Å². The zero-order valence-electron chi connectivity index (χ0n) is 17.7. The number of hydrogen-bond donors (Lipinski definition) is 3. The average Bonchev–Trinajstić information content (AvgIpc) is 3.20. The molecule has 12 heteroatoms. The Morgan fingerprint density at radius 2 is 1.94 bits per heavy atom. The molecule has 2 aromatic carbocycles. The molecule has 0 aliphatic carbocycles. The fourth-order valence-electron chi connectivity index (χ4n) is 3.48. The third kappa shape index (κ3) is 5.78. The maximum absolute atomic E-state index is 13.4. The van der Waals surface area contributed by atoms with E-state index in [-0.39, 0.29) is 48.0 Å². The second-order valence-corrected chi connectivity index (χ2v) is 8.12. The number of nitrogens with one attached hydrogen (secondary N) is 3. The van der Waals surface area contributed by atoms with E-state index in [2.05, 4.69) is 20.6 Å². The topological polar surface area (TPSA) is 105 Å². The van der Waals surface area contributed by atoms with Crippen LogP contribution in [0.5, 0.6) is 5.75 Å². The third-order valence-corrected chi connectivity index (χ3v) is 5.50. The van der Waals surface area contributed by atoms with Crippen LogP contribution in [0.1, 0.15) is 18.7 Å². The van der Waals surface area contributed by atoms with Crippen LogP contribution < -0.4 is 15.4 Å². The monoisotopic (exact) mass is 496 g/mol. The molecular weight excluding hydrogens is 477 g/mol. The van der Waals surface area contributed by atoms with Gasteiger partial charge in [-0.3, -0.25) is 9.59 Å². The van der Waals surface area contributed by atoms with E-state index in [4.69, 9.17) is 21.1 Å². The number of fused-ring (bicyclic) bond motifs is 1. The Labute approximate surface area is 196 Å². The largest absolute Gasteiger partial charge is 0.484 e. The molecule has 4 rings (SSSR count). The van der Waals surface area contributed by atoms with Crippen molar-refractivity contribution in [1.82, 2.24) is 20.6 Å². The van der Waals surface area contributed by atoms with E-state index in [0.29, 0.717) is 24.2 Å². The molecule has 180 valence electrons. The van der Waals surface area contributed by atoms with Crippen LogP contribution in [-0.4, -0.2) is 47.1 Å². The van der Waals surface area contributed by atoms with E-state index in [1.54, 1.807) is 0 Å². The van der Waals surface area contributed by atoms with Crippen molar-refractivity contribution in [2.75, 3.05) is 13.2 Å². The highest BCUT2D eigenvalue weighted by Gasteiger charge is 2.28. The van der Waals surface area contributed by atoms with E-state index in [1.165, 1.54) is 12.1 Å². The molecular formula is C22H20ClF3N4O4. The smallest absolute Gasteiger partial charge is 0.258 e. The summed E-state index contributed by atoms with van der Waals surface area (Å²) in [6.07, 6.45) is 0.167. The van der Waals surface area contributed by atoms with Gasteiger partial charge < -0.3 is 25.1 Å². The lowest BCUT2D eigenvalue weighted by Crippen LogP contribution is -2.48. The number of carbonyl (C=O) groups excluding carboxylic acids is 2. The van der Waals surface area contributed by atoms with E-state index in [9.17, 15) is 22.8 Å². The summed E-state index contributed by atoms with van der Waals surface area (Å²) in [4.78, 5) is 31.4. The van der Waals surface area contributed by atoms with Crippen molar-refractivity contribution in [3.05, 3.63) is 58.6 Å². The van der Waals surface area contributed by atoms with Gasteiger partial charge in [0.1, 0.15) is 23.5 Å². The van der Waals surface area contributed by atoms with Gasteiger partial charge in [0.25, 0.3) is 5.91 Å². The maximum Gasteiger partial charge on any atom is 0.258 e. The molecule has 0 bridgehead atoms.